The minimum Gasteiger partial charge on any atom is -0.352 e. The second-order valence-electron chi connectivity index (χ2n) is 3.80. The summed E-state index contributed by atoms with van der Waals surface area (Å²) >= 11 is 12.6. The maximum Gasteiger partial charge on any atom is 0.252 e. The predicted molar refractivity (Wildman–Crippen MR) is 79.1 cm³/mol. The van der Waals surface area contributed by atoms with Crippen molar-refractivity contribution in [3.8, 4) is 0 Å². The van der Waals surface area contributed by atoms with Crippen LogP contribution in [0.15, 0.2) is 22.7 Å². The molecule has 0 aliphatic rings. The third-order valence-corrected chi connectivity index (χ3v) is 3.59. The number of nitrogens with one attached hydrogen (secondary N) is 1. The highest BCUT2D eigenvalue weighted by molar-refractivity contribution is 9.10. The fourth-order valence-electron chi connectivity index (χ4n) is 1.35. The molecule has 0 aromatic heterocycles. The molecule has 1 atom stereocenters. The molecule has 0 aliphatic carbocycles. The maximum atomic E-state index is 11.8. The summed E-state index contributed by atoms with van der Waals surface area (Å²) in [7, 11) is 0. The molecule has 2 nitrogen and oxygen atoms in total. The Balaban J connectivity index is 2.47. The summed E-state index contributed by atoms with van der Waals surface area (Å²) in [6.45, 7) is 2.78. The number of benzene rings is 1. The average molecular weight is 384 g/mol. The molecule has 0 fully saturated rings. The molecule has 0 saturated carbocycles. The molecule has 94 valence electrons. The lowest BCUT2D eigenvalue weighted by molar-refractivity contribution is 0.0952. The summed E-state index contributed by atoms with van der Waals surface area (Å²) in [6.07, 6.45) is 2.01. The third kappa shape index (κ3) is 5.40. The normalized spacial score (nSPS) is 12.2. The summed E-state index contributed by atoms with van der Waals surface area (Å²) in [5, 5.41) is 3.49. The fourth-order valence-corrected chi connectivity index (χ4v) is 2.54. The standard InChI is InChI=1S/C12H14Br2ClNO/c1-8(13)3-2-6-16-12(17)10-5-4-9(15)7-11(10)14/h4-5,7-8H,2-3,6H2,1H3,(H,16,17). The Hall–Kier alpha value is -0.0600. The number of rotatable bonds is 5. The van der Waals surface area contributed by atoms with Crippen LogP contribution in [-0.2, 0) is 0 Å². The first-order valence-electron chi connectivity index (χ1n) is 5.38. The van der Waals surface area contributed by atoms with Gasteiger partial charge in [-0.1, -0.05) is 34.5 Å². The van der Waals surface area contributed by atoms with Gasteiger partial charge in [-0.15, -0.1) is 0 Å². The summed E-state index contributed by atoms with van der Waals surface area (Å²) in [6, 6.07) is 5.15. The lowest BCUT2D eigenvalue weighted by Gasteiger charge is -2.07. The molecule has 0 saturated heterocycles. The van der Waals surface area contributed by atoms with E-state index in [0.717, 1.165) is 17.3 Å². The largest absolute Gasteiger partial charge is 0.352 e. The number of hydrogen-bond donors (Lipinski definition) is 1. The van der Waals surface area contributed by atoms with Gasteiger partial charge in [-0.3, -0.25) is 4.79 Å². The summed E-state index contributed by atoms with van der Waals surface area (Å²) in [5.74, 6) is -0.0734. The van der Waals surface area contributed by atoms with Crippen LogP contribution < -0.4 is 5.32 Å². The molecule has 0 radical (unpaired) electrons. The summed E-state index contributed by atoms with van der Waals surface area (Å²) in [5.41, 5.74) is 0.612. The fraction of sp³-hybridized carbons (Fsp3) is 0.417. The van der Waals surface area contributed by atoms with Crippen molar-refractivity contribution in [2.24, 2.45) is 0 Å². The molecule has 0 bridgehead atoms. The highest BCUT2D eigenvalue weighted by Gasteiger charge is 2.09. The van der Waals surface area contributed by atoms with Gasteiger partial charge in [0.2, 0.25) is 0 Å². The van der Waals surface area contributed by atoms with Crippen LogP contribution in [0.2, 0.25) is 5.02 Å². The number of carbonyl (C=O) groups is 1. The number of alkyl halides is 1. The van der Waals surface area contributed by atoms with Crippen LogP contribution in [0.4, 0.5) is 0 Å². The van der Waals surface area contributed by atoms with Gasteiger partial charge in [0.05, 0.1) is 5.56 Å². The summed E-state index contributed by atoms with van der Waals surface area (Å²) in [4.78, 5) is 12.3. The molecule has 5 heteroatoms. The van der Waals surface area contributed by atoms with Gasteiger partial charge in [0.15, 0.2) is 0 Å². The Morgan fingerprint density at radius 3 is 2.82 bits per heavy atom. The van der Waals surface area contributed by atoms with Gasteiger partial charge in [0.1, 0.15) is 0 Å². The highest BCUT2D eigenvalue weighted by Crippen LogP contribution is 2.21. The molecule has 1 rings (SSSR count). The van der Waals surface area contributed by atoms with Crippen LogP contribution in [0.1, 0.15) is 30.1 Å². The zero-order valence-corrected chi connectivity index (χ0v) is 13.4. The Morgan fingerprint density at radius 2 is 2.24 bits per heavy atom. The van der Waals surface area contributed by atoms with Crippen LogP contribution in [0.25, 0.3) is 0 Å². The SMILES string of the molecule is CC(Br)CCCNC(=O)c1ccc(Cl)cc1Br. The Bertz CT molecular complexity index is 396. The first-order valence-corrected chi connectivity index (χ1v) is 7.46. The van der Waals surface area contributed by atoms with Gasteiger partial charge in [-0.25, -0.2) is 0 Å². The zero-order valence-electron chi connectivity index (χ0n) is 9.47. The van der Waals surface area contributed by atoms with E-state index in [-0.39, 0.29) is 5.91 Å². The van der Waals surface area contributed by atoms with Gasteiger partial charge < -0.3 is 5.32 Å². The molecular weight excluding hydrogens is 369 g/mol. The number of carbonyl (C=O) groups excluding carboxylic acids is 1. The van der Waals surface area contributed by atoms with E-state index in [1.807, 2.05) is 0 Å². The first-order chi connectivity index (χ1) is 8.00. The van der Waals surface area contributed by atoms with Crippen molar-refractivity contribution in [2.75, 3.05) is 6.54 Å². The Kier molecular flexibility index (Phi) is 6.52. The van der Waals surface area contributed by atoms with Crippen LogP contribution in [0.5, 0.6) is 0 Å². The maximum absolute atomic E-state index is 11.8. The van der Waals surface area contributed by atoms with Crippen molar-refractivity contribution in [2.45, 2.75) is 24.6 Å². The minimum atomic E-state index is -0.0734. The molecular formula is C12H14Br2ClNO. The van der Waals surface area contributed by atoms with E-state index in [1.165, 1.54) is 0 Å². The van der Waals surface area contributed by atoms with Crippen LogP contribution >= 0.6 is 43.5 Å². The minimum absolute atomic E-state index is 0.0734. The Labute approximate surface area is 123 Å². The van der Waals surface area contributed by atoms with Crippen molar-refractivity contribution >= 4 is 49.4 Å². The van der Waals surface area contributed by atoms with E-state index in [2.05, 4.69) is 44.1 Å². The van der Waals surface area contributed by atoms with Crippen molar-refractivity contribution in [1.29, 1.82) is 0 Å². The summed E-state index contributed by atoms with van der Waals surface area (Å²) < 4.78 is 0.719. The van der Waals surface area contributed by atoms with Gasteiger partial charge in [-0.05, 0) is 47.0 Å². The van der Waals surface area contributed by atoms with Crippen molar-refractivity contribution in [3.05, 3.63) is 33.3 Å². The average Bonchev–Trinajstić information content (AvgIpc) is 2.23. The van der Waals surface area contributed by atoms with Gasteiger partial charge in [0.25, 0.3) is 5.91 Å². The first kappa shape index (κ1) is 15.0. The van der Waals surface area contributed by atoms with E-state index < -0.39 is 0 Å². The second-order valence-corrected chi connectivity index (χ2v) is 6.66. The third-order valence-electron chi connectivity index (χ3n) is 2.24. The van der Waals surface area contributed by atoms with Gasteiger partial charge >= 0.3 is 0 Å². The number of amides is 1. The topological polar surface area (TPSA) is 29.1 Å². The molecule has 1 N–H and O–H groups in total. The molecule has 0 heterocycles. The lowest BCUT2D eigenvalue weighted by Crippen LogP contribution is -2.25. The van der Waals surface area contributed by atoms with E-state index in [0.29, 0.717) is 22.0 Å². The van der Waals surface area contributed by atoms with Crippen LogP contribution in [0, 0.1) is 0 Å². The monoisotopic (exact) mass is 381 g/mol. The van der Waals surface area contributed by atoms with Gasteiger partial charge in [-0.2, -0.15) is 0 Å². The quantitative estimate of drug-likeness (QED) is 0.593. The van der Waals surface area contributed by atoms with E-state index in [9.17, 15) is 4.79 Å². The molecule has 1 aromatic rings. The van der Waals surface area contributed by atoms with E-state index >= 15 is 0 Å². The highest BCUT2D eigenvalue weighted by atomic mass is 79.9. The van der Waals surface area contributed by atoms with E-state index in [4.69, 9.17) is 11.6 Å². The molecule has 1 aromatic carbocycles. The second kappa shape index (κ2) is 7.39. The zero-order chi connectivity index (χ0) is 12.8. The van der Waals surface area contributed by atoms with Crippen molar-refractivity contribution in [3.63, 3.8) is 0 Å². The smallest absolute Gasteiger partial charge is 0.252 e. The van der Waals surface area contributed by atoms with Gasteiger partial charge in [0, 0.05) is 20.9 Å². The predicted octanol–water partition coefficient (Wildman–Crippen LogP) is 4.40. The van der Waals surface area contributed by atoms with Crippen LogP contribution in [-0.4, -0.2) is 17.3 Å². The molecule has 1 amide bonds. The lowest BCUT2D eigenvalue weighted by atomic mass is 10.2. The Morgan fingerprint density at radius 1 is 1.53 bits per heavy atom. The van der Waals surface area contributed by atoms with Crippen LogP contribution in [0.3, 0.4) is 0 Å². The molecule has 0 spiro atoms. The van der Waals surface area contributed by atoms with E-state index in [1.54, 1.807) is 18.2 Å². The molecule has 1 unspecified atom stereocenters. The number of halogens is 3. The molecule has 0 aliphatic heterocycles. The van der Waals surface area contributed by atoms with Crippen molar-refractivity contribution in [1.82, 2.24) is 5.32 Å². The number of hydrogen-bond acceptors (Lipinski definition) is 1. The van der Waals surface area contributed by atoms with Crippen molar-refractivity contribution < 1.29 is 4.79 Å². The molecule has 17 heavy (non-hydrogen) atoms.